The van der Waals surface area contributed by atoms with Crippen LogP contribution in [0.5, 0.6) is 0 Å². The molecular weight excluding hydrogens is 411 g/mol. The molecule has 0 amide bonds. The van der Waals surface area contributed by atoms with Crippen LogP contribution in [0.3, 0.4) is 0 Å². The second kappa shape index (κ2) is 8.59. The van der Waals surface area contributed by atoms with Crippen LogP contribution in [0.2, 0.25) is 0 Å². The first-order chi connectivity index (χ1) is 15.4. The highest BCUT2D eigenvalue weighted by atomic mass is 19.1. The molecular formula is C26H19FO5. The molecule has 0 aliphatic carbocycles. The number of rotatable bonds is 5. The molecule has 160 valence electrons. The van der Waals surface area contributed by atoms with Crippen molar-refractivity contribution in [3.63, 3.8) is 0 Å². The molecule has 1 atom stereocenters. The highest BCUT2D eigenvalue weighted by molar-refractivity contribution is 6.05. The van der Waals surface area contributed by atoms with Crippen molar-refractivity contribution in [1.82, 2.24) is 0 Å². The minimum atomic E-state index is -1.12. The van der Waals surface area contributed by atoms with E-state index in [1.165, 1.54) is 25.1 Å². The van der Waals surface area contributed by atoms with E-state index in [2.05, 4.69) is 0 Å². The SMILES string of the molecule is Cc1c(-c2ccccc2)oc2c(C(=O)O[C@@H](C)C(=O)c3ccc(F)cc3)cccc2c1=O. The summed E-state index contributed by atoms with van der Waals surface area (Å²) in [6.45, 7) is 3.10. The van der Waals surface area contributed by atoms with E-state index in [1.54, 1.807) is 19.1 Å². The summed E-state index contributed by atoms with van der Waals surface area (Å²) in [5, 5.41) is 0.245. The van der Waals surface area contributed by atoms with Gasteiger partial charge in [0, 0.05) is 16.7 Å². The molecule has 1 aromatic heterocycles. The predicted octanol–water partition coefficient (Wildman–Crippen LogP) is 5.34. The quantitative estimate of drug-likeness (QED) is 0.316. The zero-order valence-corrected chi connectivity index (χ0v) is 17.4. The number of ether oxygens (including phenoxy) is 1. The van der Waals surface area contributed by atoms with Crippen LogP contribution in [-0.2, 0) is 4.74 Å². The second-order valence-corrected chi connectivity index (χ2v) is 7.35. The molecule has 0 radical (unpaired) electrons. The fraction of sp³-hybridized carbons (Fsp3) is 0.115. The Balaban J connectivity index is 1.71. The number of carbonyl (C=O) groups is 2. The van der Waals surface area contributed by atoms with Crippen LogP contribution in [0.1, 0.15) is 33.2 Å². The molecule has 4 rings (SSSR count). The van der Waals surface area contributed by atoms with Crippen molar-refractivity contribution in [1.29, 1.82) is 0 Å². The smallest absolute Gasteiger partial charge is 0.342 e. The summed E-state index contributed by atoms with van der Waals surface area (Å²) < 4.78 is 24.5. The van der Waals surface area contributed by atoms with Crippen LogP contribution in [0, 0.1) is 12.7 Å². The Morgan fingerprint density at radius 1 is 0.938 bits per heavy atom. The summed E-state index contributed by atoms with van der Waals surface area (Å²) in [4.78, 5) is 38.4. The minimum Gasteiger partial charge on any atom is -0.455 e. The van der Waals surface area contributed by atoms with Gasteiger partial charge in [-0.05, 0) is 50.2 Å². The maximum Gasteiger partial charge on any atom is 0.342 e. The number of Topliss-reactive ketones (excluding diaryl/α,β-unsaturated/α-hetero) is 1. The van der Waals surface area contributed by atoms with E-state index in [-0.39, 0.29) is 27.5 Å². The maximum absolute atomic E-state index is 13.1. The molecule has 5 nitrogen and oxygen atoms in total. The molecule has 0 fully saturated rings. The van der Waals surface area contributed by atoms with Gasteiger partial charge in [-0.15, -0.1) is 0 Å². The number of ketones is 1. The largest absolute Gasteiger partial charge is 0.455 e. The van der Waals surface area contributed by atoms with Crippen molar-refractivity contribution in [3.8, 4) is 11.3 Å². The molecule has 0 N–H and O–H groups in total. The Bertz CT molecular complexity index is 1370. The van der Waals surface area contributed by atoms with Gasteiger partial charge in [0.2, 0.25) is 5.78 Å². The minimum absolute atomic E-state index is 0.0375. The molecule has 0 saturated heterocycles. The Morgan fingerprint density at radius 2 is 1.62 bits per heavy atom. The van der Waals surface area contributed by atoms with Crippen molar-refractivity contribution in [3.05, 3.63) is 106 Å². The van der Waals surface area contributed by atoms with Crippen LogP contribution in [0.15, 0.2) is 82.0 Å². The Labute approximate surface area is 183 Å². The van der Waals surface area contributed by atoms with Gasteiger partial charge in [-0.1, -0.05) is 36.4 Å². The first-order valence-electron chi connectivity index (χ1n) is 9.99. The van der Waals surface area contributed by atoms with Crippen LogP contribution < -0.4 is 5.43 Å². The summed E-state index contributed by atoms with van der Waals surface area (Å²) in [5.41, 5.74) is 1.22. The first kappa shape index (κ1) is 21.2. The third-order valence-electron chi connectivity index (χ3n) is 5.18. The number of halogens is 1. The van der Waals surface area contributed by atoms with Crippen LogP contribution in [0.25, 0.3) is 22.3 Å². The van der Waals surface area contributed by atoms with Gasteiger partial charge in [-0.25, -0.2) is 9.18 Å². The molecule has 0 bridgehead atoms. The lowest BCUT2D eigenvalue weighted by molar-refractivity contribution is 0.0319. The van der Waals surface area contributed by atoms with E-state index in [1.807, 2.05) is 30.3 Å². The summed E-state index contributed by atoms with van der Waals surface area (Å²) >= 11 is 0. The molecule has 4 aromatic rings. The Morgan fingerprint density at radius 3 is 2.31 bits per heavy atom. The first-order valence-corrected chi connectivity index (χ1v) is 9.99. The van der Waals surface area contributed by atoms with E-state index in [4.69, 9.17) is 9.15 Å². The molecule has 0 saturated carbocycles. The topological polar surface area (TPSA) is 73.6 Å². The molecule has 0 spiro atoms. The van der Waals surface area contributed by atoms with Gasteiger partial charge >= 0.3 is 5.97 Å². The predicted molar refractivity (Wildman–Crippen MR) is 118 cm³/mol. The van der Waals surface area contributed by atoms with Crippen molar-refractivity contribution >= 4 is 22.7 Å². The van der Waals surface area contributed by atoms with Crippen LogP contribution >= 0.6 is 0 Å². The average Bonchev–Trinajstić information content (AvgIpc) is 2.81. The molecule has 3 aromatic carbocycles. The van der Waals surface area contributed by atoms with E-state index in [0.717, 1.165) is 12.1 Å². The standard InChI is InChI=1S/C26H19FO5/c1-15-22(28)20-9-6-10-21(25(20)32-24(15)18-7-4-3-5-8-18)26(30)31-16(2)23(29)17-11-13-19(27)14-12-17/h3-14,16H,1-2H3/t16-/m0/s1. The Kier molecular flexibility index (Phi) is 5.69. The van der Waals surface area contributed by atoms with Gasteiger partial charge < -0.3 is 9.15 Å². The van der Waals surface area contributed by atoms with E-state index in [0.29, 0.717) is 16.9 Å². The van der Waals surface area contributed by atoms with Gasteiger partial charge in [0.15, 0.2) is 17.1 Å². The van der Waals surface area contributed by atoms with Gasteiger partial charge in [-0.3, -0.25) is 9.59 Å². The molecule has 0 aliphatic heterocycles. The summed E-state index contributed by atoms with van der Waals surface area (Å²) in [6, 6.07) is 18.7. The third-order valence-corrected chi connectivity index (χ3v) is 5.18. The average molecular weight is 430 g/mol. The number of hydrogen-bond donors (Lipinski definition) is 0. The molecule has 1 heterocycles. The zero-order chi connectivity index (χ0) is 22.8. The van der Waals surface area contributed by atoms with Crippen molar-refractivity contribution in [2.75, 3.05) is 0 Å². The van der Waals surface area contributed by atoms with Gasteiger partial charge in [0.25, 0.3) is 0 Å². The Hall–Kier alpha value is -4.06. The number of para-hydroxylation sites is 1. The summed E-state index contributed by atoms with van der Waals surface area (Å²) in [6.07, 6.45) is -1.12. The van der Waals surface area contributed by atoms with Gasteiger partial charge in [0.05, 0.1) is 5.39 Å². The van der Waals surface area contributed by atoms with Crippen molar-refractivity contribution in [2.24, 2.45) is 0 Å². The van der Waals surface area contributed by atoms with Gasteiger partial charge in [0.1, 0.15) is 17.1 Å². The molecule has 6 heteroatoms. The number of esters is 1. The third kappa shape index (κ3) is 3.95. The molecule has 0 unspecified atom stereocenters. The highest BCUT2D eigenvalue weighted by Gasteiger charge is 2.24. The fourth-order valence-electron chi connectivity index (χ4n) is 3.46. The lowest BCUT2D eigenvalue weighted by atomic mass is 10.0. The van der Waals surface area contributed by atoms with Gasteiger partial charge in [-0.2, -0.15) is 0 Å². The molecule has 32 heavy (non-hydrogen) atoms. The van der Waals surface area contributed by atoms with Crippen molar-refractivity contribution < 1.29 is 23.1 Å². The number of hydrogen-bond acceptors (Lipinski definition) is 5. The monoisotopic (exact) mass is 430 g/mol. The lowest BCUT2D eigenvalue weighted by Gasteiger charge is -2.14. The zero-order valence-electron chi connectivity index (χ0n) is 17.4. The van der Waals surface area contributed by atoms with Crippen molar-refractivity contribution in [2.45, 2.75) is 20.0 Å². The number of carbonyl (C=O) groups excluding carboxylic acids is 2. The second-order valence-electron chi connectivity index (χ2n) is 7.35. The summed E-state index contributed by atoms with van der Waals surface area (Å²) in [5.74, 6) is -1.38. The van der Waals surface area contributed by atoms with E-state index < -0.39 is 23.7 Å². The maximum atomic E-state index is 13.1. The van der Waals surface area contributed by atoms with Crippen LogP contribution in [0.4, 0.5) is 4.39 Å². The summed E-state index contributed by atoms with van der Waals surface area (Å²) in [7, 11) is 0. The molecule has 0 aliphatic rings. The van der Waals surface area contributed by atoms with E-state index >= 15 is 0 Å². The lowest BCUT2D eigenvalue weighted by Crippen LogP contribution is -2.24. The highest BCUT2D eigenvalue weighted by Crippen LogP contribution is 2.27. The van der Waals surface area contributed by atoms with E-state index in [9.17, 15) is 18.8 Å². The number of fused-ring (bicyclic) bond motifs is 1. The normalized spacial score (nSPS) is 11.8. The number of benzene rings is 3. The van der Waals surface area contributed by atoms with Crippen LogP contribution in [-0.4, -0.2) is 17.9 Å². The fourth-order valence-corrected chi connectivity index (χ4v) is 3.46.